The molecule has 1 heterocycles. The summed E-state index contributed by atoms with van der Waals surface area (Å²) in [4.78, 5) is 15.3. The zero-order valence-electron chi connectivity index (χ0n) is 9.17. The van der Waals surface area contributed by atoms with E-state index in [-0.39, 0.29) is 5.91 Å². The van der Waals surface area contributed by atoms with Crippen LogP contribution in [0.5, 0.6) is 0 Å². The first-order valence-corrected chi connectivity index (χ1v) is 5.11. The van der Waals surface area contributed by atoms with Gasteiger partial charge in [-0.1, -0.05) is 25.4 Å². The van der Waals surface area contributed by atoms with Crippen LogP contribution in [0.15, 0.2) is 12.3 Å². The number of aryl methyl sites for hydroxylation is 1. The largest absolute Gasteiger partial charge is 0.369 e. The molecule has 0 aliphatic rings. The Labute approximate surface area is 94.6 Å². The molecule has 4 heteroatoms. The van der Waals surface area contributed by atoms with Crippen LogP contribution in [-0.4, -0.2) is 10.9 Å². The highest BCUT2D eigenvalue weighted by Gasteiger charge is 2.25. The second-order valence-corrected chi connectivity index (χ2v) is 4.76. The van der Waals surface area contributed by atoms with Gasteiger partial charge < -0.3 is 5.73 Å². The maximum atomic E-state index is 11.1. The maximum Gasteiger partial charge on any atom is 0.223 e. The Morgan fingerprint density at radius 3 is 2.67 bits per heavy atom. The third kappa shape index (κ3) is 2.93. The summed E-state index contributed by atoms with van der Waals surface area (Å²) in [5.74, 6) is -0.322. The van der Waals surface area contributed by atoms with Gasteiger partial charge in [0.05, 0.1) is 5.02 Å². The van der Waals surface area contributed by atoms with Crippen molar-refractivity contribution in [2.75, 3.05) is 0 Å². The smallest absolute Gasteiger partial charge is 0.223 e. The predicted octanol–water partition coefficient (Wildman–Crippen LogP) is 2.10. The lowest BCUT2D eigenvalue weighted by Crippen LogP contribution is -2.33. The van der Waals surface area contributed by atoms with E-state index in [4.69, 9.17) is 17.3 Å². The highest BCUT2D eigenvalue weighted by Crippen LogP contribution is 2.22. The second-order valence-electron chi connectivity index (χ2n) is 4.35. The number of hydrogen-bond donors (Lipinski definition) is 1. The highest BCUT2D eigenvalue weighted by molar-refractivity contribution is 6.31. The number of rotatable bonds is 3. The van der Waals surface area contributed by atoms with E-state index in [9.17, 15) is 4.79 Å². The highest BCUT2D eigenvalue weighted by atomic mass is 35.5. The predicted molar refractivity (Wildman–Crippen MR) is 60.7 cm³/mol. The standard InChI is InChI=1S/C11H15ClN2O/c1-7-4-8(14-6-9(7)12)5-11(2,3)10(13)15/h4,6H,5H2,1-3H3,(H2,13,15). The number of nitrogens with zero attached hydrogens (tertiary/aromatic N) is 1. The van der Waals surface area contributed by atoms with E-state index in [1.807, 2.05) is 13.0 Å². The summed E-state index contributed by atoms with van der Waals surface area (Å²) < 4.78 is 0. The molecule has 0 fully saturated rings. The molecular weight excluding hydrogens is 212 g/mol. The van der Waals surface area contributed by atoms with Crippen molar-refractivity contribution in [3.05, 3.63) is 28.5 Å². The molecule has 0 aliphatic heterocycles. The Kier molecular flexibility index (Phi) is 3.35. The fourth-order valence-corrected chi connectivity index (χ4v) is 1.34. The molecule has 1 amide bonds. The lowest BCUT2D eigenvalue weighted by molar-refractivity contribution is -0.125. The number of carbonyl (C=O) groups is 1. The number of carbonyl (C=O) groups excluding carboxylic acids is 1. The molecule has 0 radical (unpaired) electrons. The lowest BCUT2D eigenvalue weighted by atomic mass is 9.87. The van der Waals surface area contributed by atoms with Gasteiger partial charge >= 0.3 is 0 Å². The van der Waals surface area contributed by atoms with E-state index in [1.54, 1.807) is 20.0 Å². The van der Waals surface area contributed by atoms with E-state index in [0.717, 1.165) is 11.3 Å². The summed E-state index contributed by atoms with van der Waals surface area (Å²) in [7, 11) is 0. The van der Waals surface area contributed by atoms with Crippen LogP contribution < -0.4 is 5.73 Å². The van der Waals surface area contributed by atoms with Crippen molar-refractivity contribution in [1.82, 2.24) is 4.98 Å². The average Bonchev–Trinajstić information content (AvgIpc) is 2.10. The molecule has 0 saturated carbocycles. The second kappa shape index (κ2) is 4.19. The van der Waals surface area contributed by atoms with Crippen LogP contribution in [0.1, 0.15) is 25.1 Å². The molecule has 3 nitrogen and oxygen atoms in total. The number of halogens is 1. The van der Waals surface area contributed by atoms with Crippen LogP contribution in [0.3, 0.4) is 0 Å². The van der Waals surface area contributed by atoms with E-state index in [0.29, 0.717) is 11.4 Å². The van der Waals surface area contributed by atoms with Crippen molar-refractivity contribution in [1.29, 1.82) is 0 Å². The van der Waals surface area contributed by atoms with Crippen LogP contribution in [0, 0.1) is 12.3 Å². The van der Waals surface area contributed by atoms with E-state index in [1.165, 1.54) is 0 Å². The molecule has 1 aromatic rings. The van der Waals surface area contributed by atoms with Gasteiger partial charge in [-0.15, -0.1) is 0 Å². The first kappa shape index (κ1) is 12.0. The normalized spacial score (nSPS) is 11.5. The fraction of sp³-hybridized carbons (Fsp3) is 0.455. The molecule has 0 spiro atoms. The minimum Gasteiger partial charge on any atom is -0.369 e. The number of hydrogen-bond acceptors (Lipinski definition) is 2. The topological polar surface area (TPSA) is 56.0 Å². The molecule has 0 atom stereocenters. The molecule has 82 valence electrons. The Morgan fingerprint density at radius 1 is 1.60 bits per heavy atom. The summed E-state index contributed by atoms with van der Waals surface area (Å²) in [6, 6.07) is 1.88. The third-order valence-corrected chi connectivity index (χ3v) is 2.79. The quantitative estimate of drug-likeness (QED) is 0.858. The molecule has 15 heavy (non-hydrogen) atoms. The van der Waals surface area contributed by atoms with Gasteiger partial charge in [-0.2, -0.15) is 0 Å². The zero-order chi connectivity index (χ0) is 11.6. The molecule has 2 N–H and O–H groups in total. The van der Waals surface area contributed by atoms with Crippen molar-refractivity contribution in [2.45, 2.75) is 27.2 Å². The van der Waals surface area contributed by atoms with Gasteiger partial charge in [-0.3, -0.25) is 9.78 Å². The van der Waals surface area contributed by atoms with Crippen LogP contribution >= 0.6 is 11.6 Å². The number of primary amides is 1. The molecule has 0 saturated heterocycles. The summed E-state index contributed by atoms with van der Waals surface area (Å²) in [5.41, 5.74) is 6.51. The molecule has 0 aromatic carbocycles. The number of nitrogens with two attached hydrogens (primary N) is 1. The Hall–Kier alpha value is -1.09. The van der Waals surface area contributed by atoms with Gasteiger partial charge in [0.1, 0.15) is 0 Å². The first-order valence-electron chi connectivity index (χ1n) is 4.74. The zero-order valence-corrected chi connectivity index (χ0v) is 9.93. The molecule has 0 unspecified atom stereocenters. The monoisotopic (exact) mass is 226 g/mol. The number of pyridine rings is 1. The number of aromatic nitrogens is 1. The summed E-state index contributed by atoms with van der Waals surface area (Å²) in [5, 5.41) is 0.635. The van der Waals surface area contributed by atoms with Gasteiger partial charge in [-0.05, 0) is 18.6 Å². The summed E-state index contributed by atoms with van der Waals surface area (Å²) in [6.07, 6.45) is 2.13. The fourth-order valence-electron chi connectivity index (χ4n) is 1.23. The van der Waals surface area contributed by atoms with E-state index in [2.05, 4.69) is 4.98 Å². The van der Waals surface area contributed by atoms with Crippen LogP contribution in [-0.2, 0) is 11.2 Å². The number of amides is 1. The third-order valence-electron chi connectivity index (χ3n) is 2.39. The van der Waals surface area contributed by atoms with Gasteiger partial charge in [0.15, 0.2) is 0 Å². The van der Waals surface area contributed by atoms with Crippen LogP contribution in [0.4, 0.5) is 0 Å². The minimum absolute atomic E-state index is 0.322. The molecule has 1 rings (SSSR count). The molecule has 0 aliphatic carbocycles. The van der Waals surface area contributed by atoms with Gasteiger partial charge in [0, 0.05) is 23.7 Å². The van der Waals surface area contributed by atoms with Crippen molar-refractivity contribution in [3.63, 3.8) is 0 Å². The Morgan fingerprint density at radius 2 is 2.20 bits per heavy atom. The van der Waals surface area contributed by atoms with Crippen molar-refractivity contribution in [3.8, 4) is 0 Å². The molecule has 1 aromatic heterocycles. The minimum atomic E-state index is -0.576. The van der Waals surface area contributed by atoms with E-state index >= 15 is 0 Å². The SMILES string of the molecule is Cc1cc(CC(C)(C)C(N)=O)ncc1Cl. The van der Waals surface area contributed by atoms with E-state index < -0.39 is 5.41 Å². The van der Waals surface area contributed by atoms with Crippen molar-refractivity contribution >= 4 is 17.5 Å². The van der Waals surface area contributed by atoms with Crippen LogP contribution in [0.2, 0.25) is 5.02 Å². The summed E-state index contributed by atoms with van der Waals surface area (Å²) in [6.45, 7) is 5.52. The summed E-state index contributed by atoms with van der Waals surface area (Å²) >= 11 is 5.86. The molecular formula is C11H15ClN2O. The van der Waals surface area contributed by atoms with Crippen molar-refractivity contribution in [2.24, 2.45) is 11.1 Å². The Bertz CT molecular complexity index is 388. The maximum absolute atomic E-state index is 11.1. The first-order chi connectivity index (χ1) is 6.83. The van der Waals surface area contributed by atoms with Crippen molar-refractivity contribution < 1.29 is 4.79 Å². The Balaban J connectivity index is 2.91. The molecule has 0 bridgehead atoms. The van der Waals surface area contributed by atoms with Crippen LogP contribution in [0.25, 0.3) is 0 Å². The average molecular weight is 227 g/mol. The lowest BCUT2D eigenvalue weighted by Gasteiger charge is -2.19. The van der Waals surface area contributed by atoms with Gasteiger partial charge in [0.25, 0.3) is 0 Å². The van der Waals surface area contributed by atoms with Gasteiger partial charge in [-0.25, -0.2) is 0 Å². The van der Waals surface area contributed by atoms with Gasteiger partial charge in [0.2, 0.25) is 5.91 Å².